The van der Waals surface area contributed by atoms with Crippen molar-refractivity contribution in [2.45, 2.75) is 50.4 Å². The summed E-state index contributed by atoms with van der Waals surface area (Å²) in [4.78, 5) is 2.61. The van der Waals surface area contributed by atoms with Gasteiger partial charge < -0.3 is 14.8 Å². The van der Waals surface area contributed by atoms with Crippen LogP contribution >= 0.6 is 0 Å². The molecular formula is C14H22N2O2. The maximum absolute atomic E-state index is 9.48. The summed E-state index contributed by atoms with van der Waals surface area (Å²) in [5, 5.41) is 13.0. The molecule has 3 rings (SSSR count). The molecule has 0 bridgehead atoms. The summed E-state index contributed by atoms with van der Waals surface area (Å²) in [5.41, 5.74) is 0. The second-order valence-corrected chi connectivity index (χ2v) is 5.63. The van der Waals surface area contributed by atoms with E-state index in [2.05, 4.69) is 17.1 Å². The molecule has 2 heterocycles. The third-order valence-corrected chi connectivity index (χ3v) is 4.14. The zero-order valence-electron chi connectivity index (χ0n) is 10.9. The first-order valence-electron chi connectivity index (χ1n) is 6.94. The summed E-state index contributed by atoms with van der Waals surface area (Å²) in [6.45, 7) is 3.49. The molecule has 4 heteroatoms. The van der Waals surface area contributed by atoms with Gasteiger partial charge in [0.1, 0.15) is 5.76 Å². The van der Waals surface area contributed by atoms with Crippen LogP contribution in [0.3, 0.4) is 0 Å². The average molecular weight is 250 g/mol. The molecule has 0 amide bonds. The number of aliphatic hydroxyl groups is 1. The summed E-state index contributed by atoms with van der Waals surface area (Å²) in [6, 6.07) is 5.66. The average Bonchev–Trinajstić information content (AvgIpc) is 2.93. The summed E-state index contributed by atoms with van der Waals surface area (Å²) >= 11 is 0. The maximum Gasteiger partial charge on any atom is 0.123 e. The minimum absolute atomic E-state index is 0.0728. The van der Waals surface area contributed by atoms with E-state index in [0.29, 0.717) is 12.1 Å². The van der Waals surface area contributed by atoms with E-state index in [1.54, 1.807) is 6.26 Å². The first kappa shape index (κ1) is 12.2. The molecule has 100 valence electrons. The molecular weight excluding hydrogens is 228 g/mol. The molecule has 1 aliphatic carbocycles. The van der Waals surface area contributed by atoms with Crippen molar-refractivity contribution in [2.75, 3.05) is 13.2 Å². The van der Waals surface area contributed by atoms with E-state index < -0.39 is 0 Å². The number of rotatable bonds is 5. The number of nitrogens with one attached hydrogen (secondary N) is 1. The monoisotopic (exact) mass is 250 g/mol. The summed E-state index contributed by atoms with van der Waals surface area (Å²) in [6.07, 6.45) is 5.54. The van der Waals surface area contributed by atoms with Gasteiger partial charge in [0.2, 0.25) is 0 Å². The van der Waals surface area contributed by atoms with Crippen LogP contribution in [0.1, 0.15) is 38.0 Å². The third-order valence-electron chi connectivity index (χ3n) is 4.14. The van der Waals surface area contributed by atoms with Crippen LogP contribution in [0.5, 0.6) is 0 Å². The van der Waals surface area contributed by atoms with Gasteiger partial charge in [-0.2, -0.15) is 0 Å². The lowest BCUT2D eigenvalue weighted by molar-refractivity contribution is 0.211. The van der Waals surface area contributed by atoms with Crippen molar-refractivity contribution in [1.82, 2.24) is 10.2 Å². The van der Waals surface area contributed by atoms with Crippen LogP contribution in [0.15, 0.2) is 22.8 Å². The highest BCUT2D eigenvalue weighted by atomic mass is 16.3. The van der Waals surface area contributed by atoms with Crippen molar-refractivity contribution in [3.05, 3.63) is 24.2 Å². The Balaban J connectivity index is 1.59. The maximum atomic E-state index is 9.48. The van der Waals surface area contributed by atoms with Crippen LogP contribution in [0, 0.1) is 0 Å². The molecule has 1 saturated heterocycles. The predicted molar refractivity (Wildman–Crippen MR) is 69.3 cm³/mol. The fourth-order valence-electron chi connectivity index (χ4n) is 3.09. The van der Waals surface area contributed by atoms with E-state index in [4.69, 9.17) is 4.42 Å². The molecule has 1 saturated carbocycles. The topological polar surface area (TPSA) is 48.6 Å². The van der Waals surface area contributed by atoms with Gasteiger partial charge in [0.25, 0.3) is 0 Å². The van der Waals surface area contributed by atoms with Crippen LogP contribution in [0.2, 0.25) is 0 Å². The molecule has 2 fully saturated rings. The molecule has 18 heavy (non-hydrogen) atoms. The Morgan fingerprint density at radius 2 is 2.39 bits per heavy atom. The third kappa shape index (κ3) is 2.46. The molecule has 4 nitrogen and oxygen atoms in total. The number of aliphatic hydroxyl groups excluding tert-OH is 1. The Bertz CT molecular complexity index is 375. The Morgan fingerprint density at radius 3 is 3.00 bits per heavy atom. The van der Waals surface area contributed by atoms with Crippen LogP contribution in [-0.4, -0.2) is 41.3 Å². The van der Waals surface area contributed by atoms with E-state index in [0.717, 1.165) is 24.8 Å². The lowest BCUT2D eigenvalue weighted by Gasteiger charge is -2.21. The lowest BCUT2D eigenvalue weighted by atomic mass is 10.1. The second-order valence-electron chi connectivity index (χ2n) is 5.63. The normalized spacial score (nSPS) is 30.8. The Morgan fingerprint density at radius 1 is 1.56 bits per heavy atom. The SMILES string of the molecule is CC1CC(NC(CO)c2ccco2)CN1C1CC1. The number of furan rings is 1. The second kappa shape index (κ2) is 5.03. The summed E-state index contributed by atoms with van der Waals surface area (Å²) < 4.78 is 5.37. The first-order chi connectivity index (χ1) is 8.78. The van der Waals surface area contributed by atoms with Crippen LogP contribution in [-0.2, 0) is 0 Å². The number of nitrogens with zero attached hydrogens (tertiary/aromatic N) is 1. The van der Waals surface area contributed by atoms with Crippen molar-refractivity contribution in [2.24, 2.45) is 0 Å². The number of hydrogen-bond donors (Lipinski definition) is 2. The minimum atomic E-state index is -0.0728. The van der Waals surface area contributed by atoms with E-state index in [9.17, 15) is 5.11 Å². The highest BCUT2D eigenvalue weighted by molar-refractivity contribution is 5.06. The van der Waals surface area contributed by atoms with Gasteiger partial charge in [0.15, 0.2) is 0 Å². The molecule has 1 aliphatic heterocycles. The molecule has 0 aromatic carbocycles. The van der Waals surface area contributed by atoms with Crippen molar-refractivity contribution < 1.29 is 9.52 Å². The zero-order valence-corrected chi connectivity index (χ0v) is 10.9. The first-order valence-corrected chi connectivity index (χ1v) is 6.94. The van der Waals surface area contributed by atoms with Gasteiger partial charge in [0.05, 0.1) is 18.9 Å². The number of likely N-dealkylation sites (tertiary alicyclic amines) is 1. The molecule has 3 atom stereocenters. The van der Waals surface area contributed by atoms with Crippen molar-refractivity contribution in [3.63, 3.8) is 0 Å². The van der Waals surface area contributed by atoms with Gasteiger partial charge in [-0.05, 0) is 38.3 Å². The minimum Gasteiger partial charge on any atom is -0.468 e. The highest BCUT2D eigenvalue weighted by Gasteiger charge is 2.39. The summed E-state index contributed by atoms with van der Waals surface area (Å²) in [5.74, 6) is 0.829. The molecule has 0 radical (unpaired) electrons. The molecule has 0 spiro atoms. The number of hydrogen-bond acceptors (Lipinski definition) is 4. The van der Waals surface area contributed by atoms with E-state index in [1.165, 1.54) is 12.8 Å². The Kier molecular flexibility index (Phi) is 3.41. The predicted octanol–water partition coefficient (Wildman–Crippen LogP) is 1.53. The van der Waals surface area contributed by atoms with Gasteiger partial charge in [-0.3, -0.25) is 4.90 Å². The Labute approximate surface area is 108 Å². The fourth-order valence-corrected chi connectivity index (χ4v) is 3.09. The van der Waals surface area contributed by atoms with Crippen molar-refractivity contribution >= 4 is 0 Å². The van der Waals surface area contributed by atoms with E-state index in [-0.39, 0.29) is 12.6 Å². The Hall–Kier alpha value is -0.840. The molecule has 3 unspecified atom stereocenters. The van der Waals surface area contributed by atoms with Crippen LogP contribution < -0.4 is 5.32 Å². The van der Waals surface area contributed by atoms with Crippen molar-refractivity contribution in [1.29, 1.82) is 0 Å². The van der Waals surface area contributed by atoms with Gasteiger partial charge in [0, 0.05) is 24.7 Å². The highest BCUT2D eigenvalue weighted by Crippen LogP contribution is 2.33. The van der Waals surface area contributed by atoms with Gasteiger partial charge in [-0.1, -0.05) is 0 Å². The van der Waals surface area contributed by atoms with E-state index >= 15 is 0 Å². The lowest BCUT2D eigenvalue weighted by Crippen LogP contribution is -2.37. The molecule has 1 aromatic rings. The quantitative estimate of drug-likeness (QED) is 0.832. The fraction of sp³-hybridized carbons (Fsp3) is 0.714. The van der Waals surface area contributed by atoms with Crippen LogP contribution in [0.4, 0.5) is 0 Å². The largest absolute Gasteiger partial charge is 0.468 e. The molecule has 2 N–H and O–H groups in total. The van der Waals surface area contributed by atoms with Gasteiger partial charge >= 0.3 is 0 Å². The summed E-state index contributed by atoms with van der Waals surface area (Å²) in [7, 11) is 0. The van der Waals surface area contributed by atoms with Gasteiger partial charge in [-0.25, -0.2) is 0 Å². The molecule has 1 aromatic heterocycles. The smallest absolute Gasteiger partial charge is 0.123 e. The molecule has 2 aliphatic rings. The van der Waals surface area contributed by atoms with Crippen LogP contribution in [0.25, 0.3) is 0 Å². The van der Waals surface area contributed by atoms with Crippen molar-refractivity contribution in [3.8, 4) is 0 Å². The zero-order chi connectivity index (χ0) is 12.5. The standard InChI is InChI=1S/C14H22N2O2/c1-10-7-11(8-16(10)12-4-5-12)15-13(9-17)14-3-2-6-18-14/h2-3,6,10-13,15,17H,4-5,7-9H2,1H3. The van der Waals surface area contributed by atoms with Gasteiger partial charge in [-0.15, -0.1) is 0 Å². The van der Waals surface area contributed by atoms with E-state index in [1.807, 2.05) is 12.1 Å².